The number of Topliss-reactive ketones (excluding diaryl/α,β-unsaturated/α-hetero) is 1. The summed E-state index contributed by atoms with van der Waals surface area (Å²) in [4.78, 5) is 11.2. The van der Waals surface area contributed by atoms with Gasteiger partial charge in [0.15, 0.2) is 5.78 Å². The van der Waals surface area contributed by atoms with Crippen molar-refractivity contribution in [3.63, 3.8) is 0 Å². The van der Waals surface area contributed by atoms with Gasteiger partial charge in [-0.15, -0.1) is 0 Å². The molecule has 1 aromatic rings. The van der Waals surface area contributed by atoms with Gasteiger partial charge in [0.05, 0.1) is 0 Å². The van der Waals surface area contributed by atoms with Gasteiger partial charge in [-0.25, -0.2) is 0 Å². The molecule has 1 aliphatic carbocycles. The Balaban J connectivity index is 0.000000720. The summed E-state index contributed by atoms with van der Waals surface area (Å²) in [5.74, 6) is 0.225. The van der Waals surface area contributed by atoms with Crippen molar-refractivity contribution >= 4 is 11.9 Å². The van der Waals surface area contributed by atoms with E-state index in [2.05, 4.69) is 0 Å². The van der Waals surface area contributed by atoms with Gasteiger partial charge in [0, 0.05) is 34.4 Å². The van der Waals surface area contributed by atoms with Crippen LogP contribution in [-0.2, 0) is 22.4 Å². The van der Waals surface area contributed by atoms with Gasteiger partial charge in [-0.05, 0) is 5.56 Å². The number of hydrogen-bond donors (Lipinski definition) is 0. The molecule has 0 heterocycles. The molecule has 0 aromatic heterocycles. The molecule has 1 aromatic carbocycles. The van der Waals surface area contributed by atoms with Gasteiger partial charge in [-0.1, -0.05) is 36.4 Å². The van der Waals surface area contributed by atoms with Crippen LogP contribution < -0.4 is 0 Å². The predicted octanol–water partition coefficient (Wildman–Crippen LogP) is 2.28. The average molecular weight is 252 g/mol. The number of carbonyl (C=O) groups excluding carboxylic acids is 1. The predicted molar refractivity (Wildman–Crippen MR) is 44.4 cm³/mol. The Bertz CT molecular complexity index is 328. The fourth-order valence-electron chi connectivity index (χ4n) is 1.30. The van der Waals surface area contributed by atoms with Gasteiger partial charge in [0.2, 0.25) is 0 Å². The maximum absolute atomic E-state index is 11.2. The van der Waals surface area contributed by atoms with Crippen molar-refractivity contribution in [1.29, 1.82) is 0 Å². The summed E-state index contributed by atoms with van der Waals surface area (Å²) in [6, 6.07) is 7.68. The third-order valence-corrected chi connectivity index (χ3v) is 1.86. The third kappa shape index (κ3) is 1.58. The Labute approximate surface area is 87.0 Å². The molecule has 0 bridgehead atoms. The van der Waals surface area contributed by atoms with Gasteiger partial charge in [0.25, 0.3) is 0 Å². The Hall–Kier alpha value is -0.630. The maximum atomic E-state index is 11.2. The molecule has 0 fully saturated rings. The van der Waals surface area contributed by atoms with Crippen molar-refractivity contribution in [3.05, 3.63) is 41.5 Å². The molecule has 0 spiro atoms. The first-order chi connectivity index (χ1) is 5.38. The molecule has 1 aliphatic rings. The summed E-state index contributed by atoms with van der Waals surface area (Å²) < 4.78 is 0. The fourth-order valence-corrected chi connectivity index (χ4v) is 1.30. The molecule has 0 aliphatic heterocycles. The molecule has 2 heteroatoms. The summed E-state index contributed by atoms with van der Waals surface area (Å²) in [6.45, 7) is 0. The maximum Gasteiger partial charge on any atom is 0.167 e. The average Bonchev–Trinajstić information content (AvgIpc) is 2.06. The number of carbonyl (C=O) groups is 1. The number of rotatable bonds is 0. The minimum atomic E-state index is 0. The van der Waals surface area contributed by atoms with Crippen molar-refractivity contribution in [3.8, 4) is 0 Å². The van der Waals surface area contributed by atoms with Crippen LogP contribution in [0.25, 0.3) is 6.08 Å². The monoisotopic (exact) mass is 251 g/mol. The molecular weight excluding hydrogens is 244 g/mol. The quantitative estimate of drug-likeness (QED) is 0.647. The summed E-state index contributed by atoms with van der Waals surface area (Å²) in [5, 5.41) is 0. The number of ketones is 1. The van der Waals surface area contributed by atoms with Crippen molar-refractivity contribution in [1.82, 2.24) is 0 Å². The number of benzene rings is 1. The van der Waals surface area contributed by atoms with E-state index in [0.717, 1.165) is 11.1 Å². The van der Waals surface area contributed by atoms with Crippen LogP contribution in [0, 0.1) is 0 Å². The van der Waals surface area contributed by atoms with Crippen LogP contribution in [0.2, 0.25) is 0 Å². The standard InChI is InChI=1S/C10H8O.Ag/c11-10-7-3-5-8-4-1-2-6-9(8)10;/h1-6H,7H2;. The van der Waals surface area contributed by atoms with Gasteiger partial charge >= 0.3 is 0 Å². The van der Waals surface area contributed by atoms with E-state index >= 15 is 0 Å². The zero-order chi connectivity index (χ0) is 7.68. The summed E-state index contributed by atoms with van der Waals surface area (Å²) in [6.07, 6.45) is 4.46. The van der Waals surface area contributed by atoms with Crippen molar-refractivity contribution in [2.24, 2.45) is 0 Å². The van der Waals surface area contributed by atoms with E-state index in [4.69, 9.17) is 0 Å². The molecule has 0 saturated carbocycles. The van der Waals surface area contributed by atoms with Crippen LogP contribution >= 0.6 is 0 Å². The second-order valence-corrected chi connectivity index (χ2v) is 2.62. The topological polar surface area (TPSA) is 17.1 Å². The van der Waals surface area contributed by atoms with Gasteiger partial charge in [0.1, 0.15) is 0 Å². The van der Waals surface area contributed by atoms with Gasteiger partial charge in [-0.3, -0.25) is 4.79 Å². The van der Waals surface area contributed by atoms with E-state index in [-0.39, 0.29) is 28.2 Å². The molecule has 65 valence electrons. The normalized spacial score (nSPS) is 13.5. The van der Waals surface area contributed by atoms with Crippen LogP contribution in [0.1, 0.15) is 22.3 Å². The minimum absolute atomic E-state index is 0. The van der Waals surface area contributed by atoms with E-state index in [0.29, 0.717) is 6.42 Å². The smallest absolute Gasteiger partial charge is 0.167 e. The van der Waals surface area contributed by atoms with E-state index in [1.807, 2.05) is 36.4 Å². The second-order valence-electron chi connectivity index (χ2n) is 2.62. The SMILES string of the molecule is O=C1CC=Cc2ccccc21.[Ag]. The molecule has 2 rings (SSSR count). The molecule has 1 nitrogen and oxygen atoms in total. The molecular formula is C10H8AgO. The summed E-state index contributed by atoms with van der Waals surface area (Å²) in [7, 11) is 0. The number of fused-ring (bicyclic) bond motifs is 1. The van der Waals surface area contributed by atoms with Crippen LogP contribution in [-0.4, -0.2) is 5.78 Å². The number of allylic oxidation sites excluding steroid dienone is 1. The second kappa shape index (κ2) is 3.85. The Kier molecular flexibility index (Phi) is 3.04. The van der Waals surface area contributed by atoms with Crippen molar-refractivity contribution in [2.45, 2.75) is 6.42 Å². The summed E-state index contributed by atoms with van der Waals surface area (Å²) >= 11 is 0. The van der Waals surface area contributed by atoms with E-state index in [1.54, 1.807) is 0 Å². The molecule has 12 heavy (non-hydrogen) atoms. The van der Waals surface area contributed by atoms with Crippen LogP contribution in [0.3, 0.4) is 0 Å². The number of hydrogen-bond acceptors (Lipinski definition) is 1. The third-order valence-electron chi connectivity index (χ3n) is 1.86. The Morgan fingerprint density at radius 1 is 1.17 bits per heavy atom. The summed E-state index contributed by atoms with van der Waals surface area (Å²) in [5.41, 5.74) is 1.90. The molecule has 0 saturated heterocycles. The first-order valence-electron chi connectivity index (χ1n) is 3.67. The Morgan fingerprint density at radius 3 is 2.67 bits per heavy atom. The van der Waals surface area contributed by atoms with E-state index < -0.39 is 0 Å². The largest absolute Gasteiger partial charge is 0.294 e. The van der Waals surface area contributed by atoms with Crippen molar-refractivity contribution < 1.29 is 27.2 Å². The van der Waals surface area contributed by atoms with E-state index in [1.165, 1.54) is 0 Å². The molecule has 0 atom stereocenters. The zero-order valence-electron chi connectivity index (χ0n) is 6.38. The molecule has 1 radical (unpaired) electrons. The first-order valence-corrected chi connectivity index (χ1v) is 3.67. The zero-order valence-corrected chi connectivity index (χ0v) is 7.86. The van der Waals surface area contributed by atoms with E-state index in [9.17, 15) is 4.79 Å². The van der Waals surface area contributed by atoms with Crippen LogP contribution in [0.4, 0.5) is 0 Å². The first kappa shape index (κ1) is 9.46. The fraction of sp³-hybridized carbons (Fsp3) is 0.100. The van der Waals surface area contributed by atoms with Crippen LogP contribution in [0.15, 0.2) is 30.3 Å². The molecule has 0 amide bonds. The van der Waals surface area contributed by atoms with Crippen LogP contribution in [0.5, 0.6) is 0 Å². The molecule has 0 N–H and O–H groups in total. The van der Waals surface area contributed by atoms with Gasteiger partial charge in [-0.2, -0.15) is 0 Å². The Morgan fingerprint density at radius 2 is 1.92 bits per heavy atom. The van der Waals surface area contributed by atoms with Crippen molar-refractivity contribution in [2.75, 3.05) is 0 Å². The van der Waals surface area contributed by atoms with Gasteiger partial charge < -0.3 is 0 Å². The molecule has 0 unspecified atom stereocenters. The minimum Gasteiger partial charge on any atom is -0.294 e.